The highest BCUT2D eigenvalue weighted by atomic mass is 35.5. The van der Waals surface area contributed by atoms with E-state index >= 15 is 0 Å². The summed E-state index contributed by atoms with van der Waals surface area (Å²) in [6.45, 7) is 0.110. The average molecular weight is 234 g/mol. The smallest absolute Gasteiger partial charge is 0.407 e. The van der Waals surface area contributed by atoms with Crippen molar-refractivity contribution in [3.8, 4) is 0 Å². The summed E-state index contributed by atoms with van der Waals surface area (Å²) in [5, 5.41) is 3.20. The van der Waals surface area contributed by atoms with Gasteiger partial charge in [-0.15, -0.1) is 0 Å². The molecular weight excluding hydrogens is 225 g/mol. The summed E-state index contributed by atoms with van der Waals surface area (Å²) >= 11 is 11.7. The molecule has 0 saturated carbocycles. The lowest BCUT2D eigenvalue weighted by Gasteiger charge is -2.06. The number of alkyl carbamates (subject to hydrolysis) is 1. The molecule has 0 unspecified atom stereocenters. The fraction of sp³-hybridized carbons (Fsp3) is 0.222. The van der Waals surface area contributed by atoms with Crippen LogP contribution in [0.2, 0.25) is 10.0 Å². The van der Waals surface area contributed by atoms with Crippen molar-refractivity contribution in [2.24, 2.45) is 0 Å². The summed E-state index contributed by atoms with van der Waals surface area (Å²) in [4.78, 5) is 10.8. The topological polar surface area (TPSA) is 38.3 Å². The van der Waals surface area contributed by atoms with Crippen LogP contribution >= 0.6 is 23.2 Å². The predicted molar refractivity (Wildman–Crippen MR) is 55.7 cm³/mol. The normalized spacial score (nSPS) is 9.64. The highest BCUT2D eigenvalue weighted by molar-refractivity contribution is 6.42. The third-order valence-electron chi connectivity index (χ3n) is 1.59. The Morgan fingerprint density at radius 3 is 2.86 bits per heavy atom. The Balaban J connectivity index is 2.68. The van der Waals surface area contributed by atoms with E-state index in [1.54, 1.807) is 18.2 Å². The number of halogens is 2. The Labute approximate surface area is 92.0 Å². The Bertz CT molecular complexity index is 342. The van der Waals surface area contributed by atoms with Gasteiger partial charge in [0.2, 0.25) is 0 Å². The first kappa shape index (κ1) is 11.1. The van der Waals surface area contributed by atoms with Crippen molar-refractivity contribution in [1.82, 2.24) is 5.32 Å². The van der Waals surface area contributed by atoms with Crippen LogP contribution in [0.4, 0.5) is 4.79 Å². The van der Waals surface area contributed by atoms with Gasteiger partial charge in [0.1, 0.15) is 6.61 Å². The van der Waals surface area contributed by atoms with Gasteiger partial charge in [0.25, 0.3) is 0 Å². The van der Waals surface area contributed by atoms with Gasteiger partial charge in [0.05, 0.1) is 10.0 Å². The molecule has 0 aliphatic rings. The van der Waals surface area contributed by atoms with E-state index in [1.807, 2.05) is 0 Å². The molecule has 0 aliphatic carbocycles. The molecule has 0 spiro atoms. The largest absolute Gasteiger partial charge is 0.445 e. The Morgan fingerprint density at radius 2 is 2.21 bits per heavy atom. The molecule has 1 N–H and O–H groups in total. The molecule has 0 radical (unpaired) electrons. The number of nitrogens with one attached hydrogen (secondary N) is 1. The van der Waals surface area contributed by atoms with Crippen LogP contribution in [-0.2, 0) is 11.3 Å². The van der Waals surface area contributed by atoms with E-state index in [-0.39, 0.29) is 6.61 Å². The molecule has 0 heterocycles. The maximum atomic E-state index is 10.8. The van der Waals surface area contributed by atoms with Gasteiger partial charge in [-0.1, -0.05) is 35.3 Å². The molecule has 0 atom stereocenters. The summed E-state index contributed by atoms with van der Waals surface area (Å²) < 4.78 is 4.82. The summed E-state index contributed by atoms with van der Waals surface area (Å²) in [6, 6.07) is 5.17. The number of ether oxygens (including phenoxy) is 1. The van der Waals surface area contributed by atoms with Gasteiger partial charge in [-0.2, -0.15) is 0 Å². The molecule has 14 heavy (non-hydrogen) atoms. The van der Waals surface area contributed by atoms with E-state index in [1.165, 1.54) is 7.05 Å². The van der Waals surface area contributed by atoms with Crippen molar-refractivity contribution in [2.75, 3.05) is 7.05 Å². The fourth-order valence-corrected chi connectivity index (χ4v) is 1.25. The molecule has 0 fully saturated rings. The number of carbonyl (C=O) groups is 1. The first-order chi connectivity index (χ1) is 6.65. The molecule has 0 aromatic heterocycles. The van der Waals surface area contributed by atoms with Gasteiger partial charge in [0.15, 0.2) is 0 Å². The standard InChI is InChI=1S/C9H9Cl2NO2/c1-12-9(13)14-5-6-3-2-4-7(10)8(6)11/h2-4H,5H2,1H3,(H,12,13). The highest BCUT2D eigenvalue weighted by Gasteiger charge is 2.06. The molecule has 5 heteroatoms. The predicted octanol–water partition coefficient (Wildman–Crippen LogP) is 2.85. The SMILES string of the molecule is CNC(=O)OCc1cccc(Cl)c1Cl. The molecule has 1 aromatic rings. The van der Waals surface area contributed by atoms with Gasteiger partial charge in [-0.25, -0.2) is 4.79 Å². The second-order valence-corrected chi connectivity index (χ2v) is 3.32. The molecule has 0 aliphatic heterocycles. The van der Waals surface area contributed by atoms with E-state index in [0.717, 1.165) is 0 Å². The lowest BCUT2D eigenvalue weighted by Crippen LogP contribution is -2.18. The summed E-state index contributed by atoms with van der Waals surface area (Å²) in [7, 11) is 1.49. The number of benzene rings is 1. The number of amides is 1. The van der Waals surface area contributed by atoms with Gasteiger partial charge >= 0.3 is 6.09 Å². The molecule has 76 valence electrons. The van der Waals surface area contributed by atoms with Gasteiger partial charge in [0, 0.05) is 12.6 Å². The second-order valence-electron chi connectivity index (χ2n) is 2.54. The molecule has 1 aromatic carbocycles. The van der Waals surface area contributed by atoms with Crippen molar-refractivity contribution in [2.45, 2.75) is 6.61 Å². The van der Waals surface area contributed by atoms with Crippen LogP contribution in [-0.4, -0.2) is 13.1 Å². The van der Waals surface area contributed by atoms with Crippen LogP contribution in [0.5, 0.6) is 0 Å². The summed E-state index contributed by atoms with van der Waals surface area (Å²) in [5.41, 5.74) is 0.683. The maximum absolute atomic E-state index is 10.8. The maximum Gasteiger partial charge on any atom is 0.407 e. The van der Waals surface area contributed by atoms with Crippen LogP contribution in [0.3, 0.4) is 0 Å². The van der Waals surface area contributed by atoms with E-state index < -0.39 is 6.09 Å². The zero-order chi connectivity index (χ0) is 10.6. The Kier molecular flexibility index (Phi) is 4.04. The van der Waals surface area contributed by atoms with E-state index in [9.17, 15) is 4.79 Å². The lowest BCUT2D eigenvalue weighted by atomic mass is 10.2. The van der Waals surface area contributed by atoms with Crippen molar-refractivity contribution in [3.63, 3.8) is 0 Å². The molecule has 3 nitrogen and oxygen atoms in total. The van der Waals surface area contributed by atoms with E-state index in [4.69, 9.17) is 27.9 Å². The third kappa shape index (κ3) is 2.79. The van der Waals surface area contributed by atoms with Gasteiger partial charge in [-0.3, -0.25) is 0 Å². The molecule has 1 rings (SSSR count). The zero-order valence-electron chi connectivity index (χ0n) is 7.51. The zero-order valence-corrected chi connectivity index (χ0v) is 9.02. The van der Waals surface area contributed by atoms with Crippen molar-refractivity contribution >= 4 is 29.3 Å². The minimum Gasteiger partial charge on any atom is -0.445 e. The first-order valence-electron chi connectivity index (χ1n) is 3.92. The van der Waals surface area contributed by atoms with Gasteiger partial charge in [-0.05, 0) is 6.07 Å². The number of rotatable bonds is 2. The Morgan fingerprint density at radius 1 is 1.50 bits per heavy atom. The minimum absolute atomic E-state index is 0.110. The van der Waals surface area contributed by atoms with Crippen LogP contribution in [0.25, 0.3) is 0 Å². The minimum atomic E-state index is -0.499. The summed E-state index contributed by atoms with van der Waals surface area (Å²) in [6.07, 6.45) is -0.499. The number of carbonyl (C=O) groups excluding carboxylic acids is 1. The average Bonchev–Trinajstić information content (AvgIpc) is 2.20. The summed E-state index contributed by atoms with van der Waals surface area (Å²) in [5.74, 6) is 0. The fourth-order valence-electron chi connectivity index (χ4n) is 0.875. The van der Waals surface area contributed by atoms with Crippen molar-refractivity contribution in [1.29, 1.82) is 0 Å². The quantitative estimate of drug-likeness (QED) is 0.854. The molecule has 0 bridgehead atoms. The number of hydrogen-bond acceptors (Lipinski definition) is 2. The van der Waals surface area contributed by atoms with Crippen molar-refractivity contribution < 1.29 is 9.53 Å². The van der Waals surface area contributed by atoms with Crippen molar-refractivity contribution in [3.05, 3.63) is 33.8 Å². The lowest BCUT2D eigenvalue weighted by molar-refractivity contribution is 0.142. The number of hydrogen-bond donors (Lipinski definition) is 1. The Hall–Kier alpha value is -0.930. The molecule has 1 amide bonds. The molecule has 0 saturated heterocycles. The van der Waals surface area contributed by atoms with Crippen LogP contribution < -0.4 is 5.32 Å². The molecular formula is C9H9Cl2NO2. The highest BCUT2D eigenvalue weighted by Crippen LogP contribution is 2.25. The van der Waals surface area contributed by atoms with Crippen LogP contribution in [0.1, 0.15) is 5.56 Å². The van der Waals surface area contributed by atoms with E-state index in [2.05, 4.69) is 5.32 Å². The third-order valence-corrected chi connectivity index (χ3v) is 2.45. The van der Waals surface area contributed by atoms with Crippen LogP contribution in [0, 0.1) is 0 Å². The van der Waals surface area contributed by atoms with Crippen LogP contribution in [0.15, 0.2) is 18.2 Å². The van der Waals surface area contributed by atoms with Gasteiger partial charge < -0.3 is 10.1 Å². The first-order valence-corrected chi connectivity index (χ1v) is 4.68. The van der Waals surface area contributed by atoms with E-state index in [0.29, 0.717) is 15.6 Å². The monoisotopic (exact) mass is 233 g/mol. The second kappa shape index (κ2) is 5.08.